The molecule has 0 saturated carbocycles. The fourth-order valence-electron chi connectivity index (χ4n) is 9.58. The number of aromatic nitrogens is 3. The third-order valence-corrected chi connectivity index (χ3v) is 12.3. The first-order valence-electron chi connectivity index (χ1n) is 20.4. The second-order valence-electron chi connectivity index (χ2n) is 15.7. The molecule has 13 aromatic rings. The van der Waals surface area contributed by atoms with E-state index in [4.69, 9.17) is 14.4 Å². The molecule has 0 saturated heterocycles. The highest BCUT2D eigenvalue weighted by Crippen LogP contribution is 2.44. The zero-order chi connectivity index (χ0) is 39.3. The maximum Gasteiger partial charge on any atom is 0.136 e. The van der Waals surface area contributed by atoms with Crippen LogP contribution < -0.4 is 0 Å². The van der Waals surface area contributed by atoms with E-state index in [0.29, 0.717) is 0 Å². The van der Waals surface area contributed by atoms with Crippen LogP contribution in [-0.2, 0) is 0 Å². The second-order valence-corrected chi connectivity index (χ2v) is 15.7. The van der Waals surface area contributed by atoms with Gasteiger partial charge < -0.3 is 8.98 Å². The molecule has 0 N–H and O–H groups in total. The second kappa shape index (κ2) is 12.7. The smallest absolute Gasteiger partial charge is 0.136 e. The van der Waals surface area contributed by atoms with Crippen LogP contribution in [0.4, 0.5) is 0 Å². The molecule has 4 nitrogen and oxygen atoms in total. The van der Waals surface area contributed by atoms with Gasteiger partial charge in [0.15, 0.2) is 0 Å². The van der Waals surface area contributed by atoms with E-state index in [1.165, 1.54) is 48.8 Å². The Kier molecular flexibility index (Phi) is 6.98. The largest absolute Gasteiger partial charge is 0.456 e. The molecule has 3 heterocycles. The van der Waals surface area contributed by atoms with E-state index in [2.05, 4.69) is 187 Å². The first-order chi connectivity index (χ1) is 29.7. The lowest BCUT2D eigenvalue weighted by Crippen LogP contribution is -1.96. The van der Waals surface area contributed by atoms with Crippen LogP contribution in [0.15, 0.2) is 205 Å². The van der Waals surface area contributed by atoms with Crippen LogP contribution in [0, 0.1) is 0 Å². The Morgan fingerprint density at radius 2 is 0.800 bits per heavy atom. The fraction of sp³-hybridized carbons (Fsp3) is 0. The molecule has 0 spiro atoms. The van der Waals surface area contributed by atoms with Crippen molar-refractivity contribution < 1.29 is 4.42 Å². The van der Waals surface area contributed by atoms with Crippen LogP contribution in [-0.4, -0.2) is 14.5 Å². The summed E-state index contributed by atoms with van der Waals surface area (Å²) in [6, 6.07) is 71.4. The van der Waals surface area contributed by atoms with Gasteiger partial charge >= 0.3 is 0 Å². The molecule has 0 unspecified atom stereocenters. The molecule has 0 radical (unpaired) electrons. The Hall–Kier alpha value is -8.08. The summed E-state index contributed by atoms with van der Waals surface area (Å²) in [5.41, 5.74) is 15.4. The molecule has 10 aromatic carbocycles. The molecule has 3 aromatic heterocycles. The number of benzene rings is 10. The molecule has 4 heteroatoms. The number of rotatable bonds is 5. The lowest BCUT2D eigenvalue weighted by molar-refractivity contribution is 0.669. The molecule has 0 amide bonds. The van der Waals surface area contributed by atoms with Gasteiger partial charge in [0.25, 0.3) is 0 Å². The predicted molar refractivity (Wildman–Crippen MR) is 249 cm³/mol. The van der Waals surface area contributed by atoms with Gasteiger partial charge in [0, 0.05) is 38.4 Å². The van der Waals surface area contributed by atoms with E-state index in [1.807, 2.05) is 18.2 Å². The van der Waals surface area contributed by atoms with Gasteiger partial charge in [0.05, 0.1) is 33.5 Å². The van der Waals surface area contributed by atoms with Crippen molar-refractivity contribution in [2.45, 2.75) is 0 Å². The summed E-state index contributed by atoms with van der Waals surface area (Å²) in [6.07, 6.45) is 0. The Balaban J connectivity index is 1.04. The van der Waals surface area contributed by atoms with Gasteiger partial charge in [0.2, 0.25) is 0 Å². The van der Waals surface area contributed by atoms with Crippen molar-refractivity contribution in [1.29, 1.82) is 0 Å². The Morgan fingerprint density at radius 3 is 1.48 bits per heavy atom. The van der Waals surface area contributed by atoms with Crippen molar-refractivity contribution in [1.82, 2.24) is 14.5 Å². The molecule has 0 atom stereocenters. The maximum absolute atomic E-state index is 6.34. The highest BCUT2D eigenvalue weighted by molar-refractivity contribution is 6.33. The van der Waals surface area contributed by atoms with Crippen molar-refractivity contribution in [3.05, 3.63) is 200 Å². The molecular weight excluding hydrogens is 731 g/mol. The zero-order valence-electron chi connectivity index (χ0n) is 32.3. The summed E-state index contributed by atoms with van der Waals surface area (Å²) in [5.74, 6) is 0. The summed E-state index contributed by atoms with van der Waals surface area (Å²) in [5, 5.41) is 9.65. The van der Waals surface area contributed by atoms with Crippen molar-refractivity contribution in [2.75, 3.05) is 0 Å². The molecule has 0 fully saturated rings. The molecule has 278 valence electrons. The van der Waals surface area contributed by atoms with Crippen LogP contribution in [0.2, 0.25) is 0 Å². The van der Waals surface area contributed by atoms with Crippen molar-refractivity contribution >= 4 is 76.3 Å². The topological polar surface area (TPSA) is 43.9 Å². The first-order valence-corrected chi connectivity index (χ1v) is 20.4. The highest BCUT2D eigenvalue weighted by atomic mass is 16.3. The van der Waals surface area contributed by atoms with E-state index in [0.717, 1.165) is 77.9 Å². The average molecular weight is 764 g/mol. The zero-order valence-corrected chi connectivity index (χ0v) is 32.3. The molecule has 0 bridgehead atoms. The van der Waals surface area contributed by atoms with Gasteiger partial charge in [-0.1, -0.05) is 127 Å². The molecule has 0 aliphatic heterocycles. The summed E-state index contributed by atoms with van der Waals surface area (Å²) in [6.45, 7) is 0. The standard InChI is InChI=1S/C56H33N3O/c1-3-12-34(13-4-1)35-14-9-15-38(30-35)55-56(58-48-21-8-7-20-47(48)57-55)39-26-29-50-46(33-39)45-32-37(25-28-49(45)59(50)40-16-5-2-6-17-40)36-24-27-41-42-18-10-22-51-53(42)54-43(44(41)31-36)19-11-23-52(54)60-51/h1-33H. The predicted octanol–water partition coefficient (Wildman–Crippen LogP) is 15.0. The van der Waals surface area contributed by atoms with Crippen molar-refractivity contribution in [3.63, 3.8) is 0 Å². The third-order valence-electron chi connectivity index (χ3n) is 12.3. The molecular formula is C56H33N3O. The van der Waals surface area contributed by atoms with Crippen LogP contribution in [0.1, 0.15) is 0 Å². The lowest BCUT2D eigenvalue weighted by atomic mass is 9.92. The number of hydrogen-bond acceptors (Lipinski definition) is 3. The summed E-state index contributed by atoms with van der Waals surface area (Å²) >= 11 is 0. The molecule has 0 aliphatic carbocycles. The van der Waals surface area contributed by atoms with Gasteiger partial charge in [-0.3, -0.25) is 0 Å². The van der Waals surface area contributed by atoms with Crippen LogP contribution in [0.5, 0.6) is 0 Å². The summed E-state index contributed by atoms with van der Waals surface area (Å²) < 4.78 is 8.71. The average Bonchev–Trinajstić information content (AvgIpc) is 3.87. The van der Waals surface area contributed by atoms with Gasteiger partial charge in [-0.05, 0) is 117 Å². The van der Waals surface area contributed by atoms with E-state index in [9.17, 15) is 0 Å². The maximum atomic E-state index is 6.34. The molecule has 0 aliphatic rings. The number of fused-ring (bicyclic) bond motifs is 7. The fourth-order valence-corrected chi connectivity index (χ4v) is 9.58. The van der Waals surface area contributed by atoms with Gasteiger partial charge in [0.1, 0.15) is 11.2 Å². The summed E-state index contributed by atoms with van der Waals surface area (Å²) in [4.78, 5) is 10.7. The number of furan rings is 1. The Bertz CT molecular complexity index is 3820. The number of para-hydroxylation sites is 3. The van der Waals surface area contributed by atoms with E-state index < -0.39 is 0 Å². The minimum atomic E-state index is 0.857. The lowest BCUT2D eigenvalue weighted by Gasteiger charge is -2.13. The third kappa shape index (κ3) is 4.91. The molecule has 13 rings (SSSR count). The Labute approximate surface area is 344 Å². The van der Waals surface area contributed by atoms with Crippen LogP contribution in [0.3, 0.4) is 0 Å². The van der Waals surface area contributed by atoms with E-state index in [1.54, 1.807) is 0 Å². The highest BCUT2D eigenvalue weighted by Gasteiger charge is 2.20. The van der Waals surface area contributed by atoms with E-state index in [-0.39, 0.29) is 0 Å². The van der Waals surface area contributed by atoms with Crippen LogP contribution >= 0.6 is 0 Å². The quantitative estimate of drug-likeness (QED) is 0.164. The van der Waals surface area contributed by atoms with Crippen molar-refractivity contribution in [2.24, 2.45) is 0 Å². The normalized spacial score (nSPS) is 12.0. The van der Waals surface area contributed by atoms with E-state index >= 15 is 0 Å². The summed E-state index contributed by atoms with van der Waals surface area (Å²) in [7, 11) is 0. The van der Waals surface area contributed by atoms with Gasteiger partial charge in [-0.25, -0.2) is 9.97 Å². The van der Waals surface area contributed by atoms with Gasteiger partial charge in [-0.2, -0.15) is 0 Å². The van der Waals surface area contributed by atoms with Crippen LogP contribution in [0.25, 0.3) is 127 Å². The first kappa shape index (κ1) is 32.9. The monoisotopic (exact) mass is 763 g/mol. The Morgan fingerprint density at radius 1 is 0.317 bits per heavy atom. The van der Waals surface area contributed by atoms with Crippen molar-refractivity contribution in [3.8, 4) is 50.5 Å². The minimum Gasteiger partial charge on any atom is -0.456 e. The minimum absolute atomic E-state index is 0.857. The number of hydrogen-bond donors (Lipinski definition) is 0. The molecule has 60 heavy (non-hydrogen) atoms. The number of nitrogens with zero attached hydrogens (tertiary/aromatic N) is 3. The SMILES string of the molecule is c1ccc(-c2cccc(-c3nc4ccccc4nc3-c3ccc4c(c3)c3cc(-c5ccc6c(c5)c5cccc7oc8cccc6c8c75)ccc3n4-c3ccccc3)c2)cc1. The van der Waals surface area contributed by atoms with Gasteiger partial charge in [-0.15, -0.1) is 0 Å².